The summed E-state index contributed by atoms with van der Waals surface area (Å²) in [7, 11) is 0. The summed E-state index contributed by atoms with van der Waals surface area (Å²) in [6, 6.07) is 11.3. The molecular formula is C22H26Cl2N4OS2. The molecule has 31 heavy (non-hydrogen) atoms. The monoisotopic (exact) mass is 496 g/mol. The van der Waals surface area contributed by atoms with Crippen LogP contribution in [0.4, 0.5) is 5.69 Å². The number of nitrogens with one attached hydrogen (secondary N) is 1. The molecule has 5 N–H and O–H groups in total. The number of carbonyl (C=O) groups is 1. The number of nitrogens with zero attached hydrogens (tertiary/aromatic N) is 1. The van der Waals surface area contributed by atoms with Crippen LogP contribution in [-0.2, 0) is 11.2 Å². The van der Waals surface area contributed by atoms with E-state index < -0.39 is 0 Å². The van der Waals surface area contributed by atoms with Crippen molar-refractivity contribution in [3.8, 4) is 0 Å². The number of rotatable bonds is 10. The Labute approximate surface area is 200 Å². The van der Waals surface area contributed by atoms with Crippen molar-refractivity contribution < 1.29 is 4.79 Å². The lowest BCUT2D eigenvalue weighted by atomic mass is 9.91. The van der Waals surface area contributed by atoms with E-state index in [4.69, 9.17) is 34.7 Å². The SMILES string of the molecule is CC(N)(CCCc1ccc(Cl)c(Cl)c1)CCNC(=O)CSc1nc2ccc(N)cc2s1. The van der Waals surface area contributed by atoms with Crippen molar-refractivity contribution in [2.24, 2.45) is 5.73 Å². The molecule has 1 atom stereocenters. The Hall–Kier alpha value is -1.51. The molecule has 0 radical (unpaired) electrons. The van der Waals surface area contributed by atoms with Crippen molar-refractivity contribution in [1.82, 2.24) is 10.3 Å². The first-order chi connectivity index (χ1) is 14.7. The number of aryl methyl sites for hydroxylation is 1. The number of hydrogen-bond donors (Lipinski definition) is 3. The Morgan fingerprint density at radius 3 is 2.77 bits per heavy atom. The molecule has 0 fully saturated rings. The summed E-state index contributed by atoms with van der Waals surface area (Å²) < 4.78 is 1.89. The molecule has 5 nitrogen and oxygen atoms in total. The summed E-state index contributed by atoms with van der Waals surface area (Å²) in [5.41, 5.74) is 14.6. The van der Waals surface area contributed by atoms with Crippen LogP contribution in [0, 0.1) is 0 Å². The van der Waals surface area contributed by atoms with E-state index in [0.717, 1.165) is 39.4 Å². The van der Waals surface area contributed by atoms with Crippen molar-refractivity contribution in [2.45, 2.75) is 42.5 Å². The standard InChI is InChI=1S/C22H26Cl2N4OS2/c1-22(26,8-2-3-14-4-6-16(23)17(24)11-14)9-10-27-20(29)13-30-21-28-18-7-5-15(25)12-19(18)31-21/h4-7,11-12H,2-3,8-10,13,25-26H2,1H3,(H,27,29). The summed E-state index contributed by atoms with van der Waals surface area (Å²) in [5.74, 6) is 0.309. The van der Waals surface area contributed by atoms with E-state index in [0.29, 0.717) is 34.5 Å². The third-order valence-corrected chi connectivity index (χ3v) is 7.84. The van der Waals surface area contributed by atoms with Gasteiger partial charge in [0.15, 0.2) is 4.34 Å². The lowest BCUT2D eigenvalue weighted by Crippen LogP contribution is -2.40. The fourth-order valence-electron chi connectivity index (χ4n) is 3.16. The van der Waals surface area contributed by atoms with E-state index in [9.17, 15) is 4.79 Å². The fourth-order valence-corrected chi connectivity index (χ4v) is 5.43. The van der Waals surface area contributed by atoms with E-state index in [1.54, 1.807) is 11.3 Å². The van der Waals surface area contributed by atoms with E-state index >= 15 is 0 Å². The lowest BCUT2D eigenvalue weighted by molar-refractivity contribution is -0.118. The van der Waals surface area contributed by atoms with Gasteiger partial charge >= 0.3 is 0 Å². The van der Waals surface area contributed by atoms with Crippen molar-refractivity contribution in [1.29, 1.82) is 0 Å². The molecule has 1 unspecified atom stereocenters. The van der Waals surface area contributed by atoms with Crippen LogP contribution in [0.25, 0.3) is 10.2 Å². The van der Waals surface area contributed by atoms with Gasteiger partial charge in [0.2, 0.25) is 5.91 Å². The van der Waals surface area contributed by atoms with Crippen LogP contribution in [0.3, 0.4) is 0 Å². The molecule has 3 aromatic rings. The average molecular weight is 498 g/mol. The first-order valence-electron chi connectivity index (χ1n) is 10.0. The van der Waals surface area contributed by atoms with Crippen molar-refractivity contribution >= 4 is 68.1 Å². The largest absolute Gasteiger partial charge is 0.399 e. The van der Waals surface area contributed by atoms with E-state index in [2.05, 4.69) is 10.3 Å². The minimum atomic E-state index is -0.344. The predicted molar refractivity (Wildman–Crippen MR) is 134 cm³/mol. The molecule has 0 bridgehead atoms. The highest BCUT2D eigenvalue weighted by Crippen LogP contribution is 2.30. The van der Waals surface area contributed by atoms with Crippen LogP contribution in [0.2, 0.25) is 10.0 Å². The number of fused-ring (bicyclic) bond motifs is 1. The van der Waals surface area contributed by atoms with Crippen LogP contribution in [0.1, 0.15) is 31.7 Å². The summed E-state index contributed by atoms with van der Waals surface area (Å²) >= 11 is 15.0. The zero-order chi connectivity index (χ0) is 22.4. The number of nitrogens with two attached hydrogens (primary N) is 2. The second-order valence-corrected chi connectivity index (χ2v) is 10.9. The van der Waals surface area contributed by atoms with Gasteiger partial charge in [-0.15, -0.1) is 11.3 Å². The van der Waals surface area contributed by atoms with Gasteiger partial charge in [0.1, 0.15) is 0 Å². The van der Waals surface area contributed by atoms with Gasteiger partial charge in [-0.2, -0.15) is 0 Å². The molecule has 1 aromatic heterocycles. The highest BCUT2D eigenvalue weighted by atomic mass is 35.5. The van der Waals surface area contributed by atoms with Crippen molar-refractivity contribution in [2.75, 3.05) is 18.0 Å². The molecule has 2 aromatic carbocycles. The predicted octanol–water partition coefficient (Wildman–Crippen LogP) is 5.52. The maximum Gasteiger partial charge on any atom is 0.230 e. The van der Waals surface area contributed by atoms with Gasteiger partial charge in [0, 0.05) is 17.8 Å². The van der Waals surface area contributed by atoms with Crippen molar-refractivity contribution in [3.05, 3.63) is 52.0 Å². The maximum absolute atomic E-state index is 12.2. The lowest BCUT2D eigenvalue weighted by Gasteiger charge is -2.24. The molecule has 0 spiro atoms. The summed E-state index contributed by atoms with van der Waals surface area (Å²) in [6.07, 6.45) is 3.40. The fraction of sp³-hybridized carbons (Fsp3) is 0.364. The first-order valence-corrected chi connectivity index (χ1v) is 12.6. The highest BCUT2D eigenvalue weighted by molar-refractivity contribution is 8.01. The van der Waals surface area contributed by atoms with Gasteiger partial charge in [-0.05, 0) is 68.5 Å². The maximum atomic E-state index is 12.2. The normalized spacial score (nSPS) is 13.3. The summed E-state index contributed by atoms with van der Waals surface area (Å²) in [5, 5.41) is 4.10. The van der Waals surface area contributed by atoms with Crippen LogP contribution < -0.4 is 16.8 Å². The number of nitrogen functional groups attached to an aromatic ring is 1. The topological polar surface area (TPSA) is 94.0 Å². The number of amides is 1. The molecule has 1 heterocycles. The highest BCUT2D eigenvalue weighted by Gasteiger charge is 2.18. The molecular weight excluding hydrogens is 471 g/mol. The molecule has 0 saturated carbocycles. The van der Waals surface area contributed by atoms with Gasteiger partial charge in [0.25, 0.3) is 0 Å². The second-order valence-electron chi connectivity index (χ2n) is 7.85. The summed E-state index contributed by atoms with van der Waals surface area (Å²) in [4.78, 5) is 16.7. The quantitative estimate of drug-likeness (QED) is 0.253. The Morgan fingerprint density at radius 1 is 1.19 bits per heavy atom. The van der Waals surface area contributed by atoms with Gasteiger partial charge in [-0.3, -0.25) is 4.79 Å². The van der Waals surface area contributed by atoms with Gasteiger partial charge in [-0.1, -0.05) is 41.0 Å². The number of aromatic nitrogens is 1. The van der Waals surface area contributed by atoms with E-state index in [1.807, 2.05) is 43.3 Å². The van der Waals surface area contributed by atoms with Gasteiger partial charge in [0.05, 0.1) is 26.0 Å². The number of halogens is 2. The first kappa shape index (κ1) is 24.1. The average Bonchev–Trinajstić information content (AvgIpc) is 3.11. The van der Waals surface area contributed by atoms with Crippen LogP contribution in [0.5, 0.6) is 0 Å². The molecule has 9 heteroatoms. The summed E-state index contributed by atoms with van der Waals surface area (Å²) in [6.45, 7) is 2.57. The molecule has 3 rings (SSSR count). The van der Waals surface area contributed by atoms with E-state index in [-0.39, 0.29) is 11.4 Å². The molecule has 1 amide bonds. The number of benzene rings is 2. The zero-order valence-corrected chi connectivity index (χ0v) is 20.4. The molecule has 0 aliphatic carbocycles. The second kappa shape index (κ2) is 10.9. The van der Waals surface area contributed by atoms with Crippen LogP contribution in [-0.4, -0.2) is 28.7 Å². The molecule has 0 saturated heterocycles. The minimum absolute atomic E-state index is 0.0182. The third kappa shape index (κ3) is 7.54. The number of hydrogen-bond acceptors (Lipinski definition) is 6. The number of thiazole rings is 1. The van der Waals surface area contributed by atoms with E-state index in [1.165, 1.54) is 11.8 Å². The molecule has 0 aliphatic rings. The Kier molecular flexibility index (Phi) is 8.47. The Morgan fingerprint density at radius 2 is 2.00 bits per heavy atom. The minimum Gasteiger partial charge on any atom is -0.399 e. The van der Waals surface area contributed by atoms with Crippen LogP contribution >= 0.6 is 46.3 Å². The van der Waals surface area contributed by atoms with Crippen LogP contribution in [0.15, 0.2) is 40.7 Å². The number of anilines is 1. The smallest absolute Gasteiger partial charge is 0.230 e. The Balaban J connectivity index is 1.35. The number of thioether (sulfide) groups is 1. The molecule has 0 aliphatic heterocycles. The Bertz CT molecular complexity index is 1060. The van der Waals surface area contributed by atoms with Gasteiger partial charge in [-0.25, -0.2) is 4.98 Å². The number of carbonyl (C=O) groups excluding carboxylic acids is 1. The van der Waals surface area contributed by atoms with Gasteiger partial charge < -0.3 is 16.8 Å². The molecule has 166 valence electrons. The third-order valence-electron chi connectivity index (χ3n) is 4.94. The van der Waals surface area contributed by atoms with Crippen molar-refractivity contribution in [3.63, 3.8) is 0 Å². The zero-order valence-electron chi connectivity index (χ0n) is 17.3.